The third-order valence-corrected chi connectivity index (χ3v) is 4.62. The van der Waals surface area contributed by atoms with Gasteiger partial charge >= 0.3 is 0 Å². The fourth-order valence-corrected chi connectivity index (χ4v) is 3.37. The fourth-order valence-electron chi connectivity index (χ4n) is 3.20. The first-order valence-electron chi connectivity index (χ1n) is 8.80. The molecule has 1 aliphatic rings. The Hall–Kier alpha value is -2.59. The number of halogens is 2. The molecule has 30 heavy (non-hydrogen) atoms. The Bertz CT molecular complexity index is 1230. The Morgan fingerprint density at radius 1 is 1.20 bits per heavy atom. The molecule has 10 heteroatoms. The first kappa shape index (κ1) is 22.1. The van der Waals surface area contributed by atoms with Crippen LogP contribution in [0.4, 0.5) is 4.39 Å². The van der Waals surface area contributed by atoms with Gasteiger partial charge < -0.3 is 5.11 Å². The molecule has 1 aliphatic heterocycles. The number of aliphatic imine (C=N–C) groups is 1. The summed E-state index contributed by atoms with van der Waals surface area (Å²) in [5, 5.41) is 10.1. The van der Waals surface area contributed by atoms with Crippen molar-refractivity contribution in [1.82, 2.24) is 9.55 Å². The van der Waals surface area contributed by atoms with Crippen LogP contribution in [0.15, 0.2) is 47.5 Å². The van der Waals surface area contributed by atoms with Crippen molar-refractivity contribution in [2.24, 2.45) is 4.99 Å². The molecular weight excluding hydrogens is 433 g/mol. The summed E-state index contributed by atoms with van der Waals surface area (Å²) in [6.45, 7) is 2.05. The predicted octanol–water partition coefficient (Wildman–Crippen LogP) is 3.32. The predicted molar refractivity (Wildman–Crippen MR) is 112 cm³/mol. The highest BCUT2D eigenvalue weighted by atomic mass is 35.5. The third-order valence-electron chi connectivity index (χ3n) is 4.39. The lowest BCUT2D eigenvalue weighted by molar-refractivity contribution is 0.276. The van der Waals surface area contributed by atoms with Gasteiger partial charge in [0, 0.05) is 21.8 Å². The van der Waals surface area contributed by atoms with Crippen molar-refractivity contribution in [2.75, 3.05) is 6.26 Å². The lowest BCUT2D eigenvalue weighted by Crippen LogP contribution is -2.10. The minimum absolute atomic E-state index is 0.140. The van der Waals surface area contributed by atoms with Crippen molar-refractivity contribution in [3.05, 3.63) is 81.6 Å². The van der Waals surface area contributed by atoms with E-state index in [0.717, 1.165) is 16.9 Å². The Kier molecular flexibility index (Phi) is 6.37. The number of imidazole rings is 1. The molecule has 0 saturated carbocycles. The first-order chi connectivity index (χ1) is 14.1. The number of hydrogen-bond acceptors (Lipinski definition) is 5. The number of rotatable bonds is 2. The quantitative estimate of drug-likeness (QED) is 0.581. The van der Waals surface area contributed by atoms with Crippen molar-refractivity contribution in [1.29, 1.82) is 0 Å². The van der Waals surface area contributed by atoms with Crippen LogP contribution >= 0.6 is 11.6 Å². The highest BCUT2D eigenvalue weighted by molar-refractivity contribution is 7.85. The summed E-state index contributed by atoms with van der Waals surface area (Å²) in [6.07, 6.45) is 0.715. The zero-order valence-corrected chi connectivity index (χ0v) is 17.7. The number of aromatic nitrogens is 2. The third kappa shape index (κ3) is 4.76. The van der Waals surface area contributed by atoms with Crippen LogP contribution in [0.3, 0.4) is 0 Å². The standard InChI is InChI=1S/C19H15ClFN3O.CH4O3S/c1-11-16(10-25)23-18-9-22-19(13-4-2-3-5-15(13)21)14-8-12(20)6-7-17(14)24(11)18;1-5(2,3)4/h2-8,25H,9-10H2,1H3;1H3,(H,2,3,4). The van der Waals surface area contributed by atoms with Gasteiger partial charge in [-0.05, 0) is 37.3 Å². The van der Waals surface area contributed by atoms with Gasteiger partial charge in [-0.15, -0.1) is 0 Å². The molecule has 0 saturated heterocycles. The molecule has 0 aliphatic carbocycles. The molecule has 3 aromatic rings. The molecule has 0 radical (unpaired) electrons. The summed E-state index contributed by atoms with van der Waals surface area (Å²) in [7, 11) is -3.67. The molecular formula is C20H19ClFN3O4S. The van der Waals surface area contributed by atoms with Gasteiger partial charge in [-0.25, -0.2) is 9.37 Å². The molecule has 0 bridgehead atoms. The van der Waals surface area contributed by atoms with E-state index in [0.29, 0.717) is 34.1 Å². The Labute approximate surface area is 178 Å². The highest BCUT2D eigenvalue weighted by Crippen LogP contribution is 2.30. The number of aliphatic hydroxyl groups excluding tert-OH is 1. The molecule has 158 valence electrons. The van der Waals surface area contributed by atoms with Gasteiger partial charge in [0.1, 0.15) is 11.6 Å². The summed E-state index contributed by atoms with van der Waals surface area (Å²) in [4.78, 5) is 9.10. The molecule has 0 unspecified atom stereocenters. The SMILES string of the molecule is CS(=O)(=O)O.Cc1c(CO)nc2n1-c1ccc(Cl)cc1C(c1ccccc1F)=NC2. The summed E-state index contributed by atoms with van der Waals surface area (Å²) in [5.41, 5.74) is 3.99. The van der Waals surface area contributed by atoms with E-state index < -0.39 is 10.1 Å². The number of benzene rings is 2. The Balaban J connectivity index is 0.000000461. The van der Waals surface area contributed by atoms with E-state index in [9.17, 15) is 17.9 Å². The molecule has 0 amide bonds. The molecule has 2 aromatic carbocycles. The van der Waals surface area contributed by atoms with Crippen molar-refractivity contribution in [2.45, 2.75) is 20.1 Å². The maximum Gasteiger partial charge on any atom is 0.261 e. The number of hydrogen-bond donors (Lipinski definition) is 2. The van der Waals surface area contributed by atoms with Gasteiger partial charge in [-0.2, -0.15) is 8.42 Å². The molecule has 7 nitrogen and oxygen atoms in total. The summed E-state index contributed by atoms with van der Waals surface area (Å²) in [5.74, 6) is 0.371. The van der Waals surface area contributed by atoms with Gasteiger partial charge in [0.15, 0.2) is 0 Å². The van der Waals surface area contributed by atoms with Gasteiger partial charge in [0.2, 0.25) is 0 Å². The van der Waals surface area contributed by atoms with E-state index >= 15 is 0 Å². The highest BCUT2D eigenvalue weighted by Gasteiger charge is 2.24. The Morgan fingerprint density at radius 2 is 1.87 bits per heavy atom. The molecule has 1 aromatic heterocycles. The van der Waals surface area contributed by atoms with Gasteiger partial charge in [-0.3, -0.25) is 14.1 Å². The van der Waals surface area contributed by atoms with Crippen molar-refractivity contribution in [3.63, 3.8) is 0 Å². The minimum atomic E-state index is -3.67. The molecule has 0 atom stereocenters. The van der Waals surface area contributed by atoms with Gasteiger partial charge in [0.05, 0.1) is 36.5 Å². The normalized spacial score (nSPS) is 12.8. The monoisotopic (exact) mass is 451 g/mol. The summed E-state index contributed by atoms with van der Waals surface area (Å²) < 4.78 is 42.2. The Morgan fingerprint density at radius 3 is 2.50 bits per heavy atom. The topological polar surface area (TPSA) is 105 Å². The van der Waals surface area contributed by atoms with Gasteiger partial charge in [-0.1, -0.05) is 23.7 Å². The van der Waals surface area contributed by atoms with E-state index in [1.165, 1.54) is 6.07 Å². The van der Waals surface area contributed by atoms with Crippen LogP contribution < -0.4 is 0 Å². The molecule has 2 heterocycles. The lowest BCUT2D eigenvalue weighted by atomic mass is 10.00. The van der Waals surface area contributed by atoms with E-state index in [-0.39, 0.29) is 19.0 Å². The summed E-state index contributed by atoms with van der Waals surface area (Å²) >= 11 is 6.21. The minimum Gasteiger partial charge on any atom is -0.390 e. The van der Waals surface area contributed by atoms with E-state index in [1.807, 2.05) is 17.6 Å². The molecule has 4 rings (SSSR count). The smallest absolute Gasteiger partial charge is 0.261 e. The van der Waals surface area contributed by atoms with E-state index in [1.54, 1.807) is 30.3 Å². The van der Waals surface area contributed by atoms with Crippen LogP contribution in [0.2, 0.25) is 5.02 Å². The largest absolute Gasteiger partial charge is 0.390 e. The van der Waals surface area contributed by atoms with Crippen LogP contribution in [0.5, 0.6) is 0 Å². The molecule has 0 fully saturated rings. The van der Waals surface area contributed by atoms with Crippen LogP contribution in [0.25, 0.3) is 5.69 Å². The van der Waals surface area contributed by atoms with Crippen molar-refractivity contribution < 1.29 is 22.5 Å². The second-order valence-corrected chi connectivity index (χ2v) is 8.50. The number of aliphatic hydroxyl groups is 1. The first-order valence-corrected chi connectivity index (χ1v) is 11.0. The van der Waals surface area contributed by atoms with Crippen molar-refractivity contribution >= 4 is 27.4 Å². The van der Waals surface area contributed by atoms with E-state index in [2.05, 4.69) is 9.98 Å². The second kappa shape index (κ2) is 8.65. The van der Waals surface area contributed by atoms with Crippen LogP contribution in [0.1, 0.15) is 28.3 Å². The zero-order valence-electron chi connectivity index (χ0n) is 16.2. The van der Waals surface area contributed by atoms with E-state index in [4.69, 9.17) is 16.2 Å². The van der Waals surface area contributed by atoms with Crippen LogP contribution in [-0.4, -0.2) is 39.6 Å². The fraction of sp³-hybridized carbons (Fsp3) is 0.200. The number of fused-ring (bicyclic) bond motifs is 3. The van der Waals surface area contributed by atoms with Crippen LogP contribution in [-0.2, 0) is 23.3 Å². The maximum atomic E-state index is 14.4. The van der Waals surface area contributed by atoms with Crippen molar-refractivity contribution in [3.8, 4) is 5.69 Å². The zero-order chi connectivity index (χ0) is 22.1. The summed E-state index contributed by atoms with van der Waals surface area (Å²) in [6, 6.07) is 12.0. The lowest BCUT2D eigenvalue weighted by Gasteiger charge is -2.14. The maximum absolute atomic E-state index is 14.4. The van der Waals surface area contributed by atoms with Gasteiger partial charge in [0.25, 0.3) is 10.1 Å². The second-order valence-electron chi connectivity index (χ2n) is 6.59. The molecule has 2 N–H and O–H groups in total. The van der Waals surface area contributed by atoms with Crippen LogP contribution in [0, 0.1) is 12.7 Å². The average molecular weight is 452 g/mol. The number of nitrogens with zero attached hydrogens (tertiary/aromatic N) is 3. The molecule has 0 spiro atoms. The average Bonchev–Trinajstić information content (AvgIpc) is 2.88.